The van der Waals surface area contributed by atoms with Gasteiger partial charge in [-0.25, -0.2) is 0 Å². The number of aromatic nitrogens is 2. The smallest absolute Gasteiger partial charge is 0.246 e. The lowest BCUT2D eigenvalue weighted by atomic mass is 9.64. The molecule has 4 rings (SSSR count). The molecule has 2 aliphatic rings. The average molecular weight is 543 g/mol. The van der Waals surface area contributed by atoms with Gasteiger partial charge in [0.2, 0.25) is 5.91 Å². The van der Waals surface area contributed by atoms with Crippen molar-refractivity contribution in [2.24, 2.45) is 12.0 Å². The normalized spacial score (nSPS) is 18.6. The Balaban J connectivity index is 0.00000256. The number of rotatable bonds is 4. The molecule has 162 valence electrons. The van der Waals surface area contributed by atoms with Gasteiger partial charge in [0.05, 0.1) is 11.9 Å². The van der Waals surface area contributed by atoms with E-state index in [2.05, 4.69) is 27.5 Å². The maximum atomic E-state index is 12.7. The maximum absolute atomic E-state index is 12.7. The summed E-state index contributed by atoms with van der Waals surface area (Å²) in [5, 5.41) is 8.46. The summed E-state index contributed by atoms with van der Waals surface area (Å²) in [6, 6.07) is 8.18. The van der Waals surface area contributed by atoms with Crippen LogP contribution in [-0.4, -0.2) is 59.8 Å². The monoisotopic (exact) mass is 542 g/mol. The number of aryl methyl sites for hydroxylation is 1. The van der Waals surface area contributed by atoms with E-state index in [0.29, 0.717) is 13.1 Å². The number of amides is 1. The lowest BCUT2D eigenvalue weighted by Gasteiger charge is -2.44. The number of anilines is 1. The molecule has 1 saturated carbocycles. The highest BCUT2D eigenvalue weighted by molar-refractivity contribution is 14.0. The predicted octanol–water partition coefficient (Wildman–Crippen LogP) is 3.04. The van der Waals surface area contributed by atoms with E-state index in [9.17, 15) is 4.79 Å². The molecule has 1 aliphatic carbocycles. The molecule has 0 unspecified atom stereocenters. The first-order chi connectivity index (χ1) is 14.0. The van der Waals surface area contributed by atoms with E-state index in [1.54, 1.807) is 22.8 Å². The molecule has 1 N–H and O–H groups in total. The highest BCUT2D eigenvalue weighted by atomic mass is 127. The molecule has 0 atom stereocenters. The van der Waals surface area contributed by atoms with Crippen molar-refractivity contribution in [3.63, 3.8) is 0 Å². The molecule has 9 heteroatoms. The molecule has 2 aromatic rings. The Morgan fingerprint density at radius 2 is 2.00 bits per heavy atom. The second-order valence-corrected chi connectivity index (χ2v) is 8.32. The highest BCUT2D eigenvalue weighted by Gasteiger charge is 2.39. The minimum absolute atomic E-state index is 0. The first-order valence-electron chi connectivity index (χ1n) is 10.0. The second kappa shape index (κ2) is 9.55. The van der Waals surface area contributed by atoms with Crippen molar-refractivity contribution in [1.29, 1.82) is 0 Å². The molecular formula is C21H28ClIN6O. The fourth-order valence-electron chi connectivity index (χ4n) is 4.23. The molecule has 1 saturated heterocycles. The molecule has 1 aliphatic heterocycles. The van der Waals surface area contributed by atoms with Crippen LogP contribution < -0.4 is 10.2 Å². The van der Waals surface area contributed by atoms with Crippen LogP contribution in [0.2, 0.25) is 5.02 Å². The van der Waals surface area contributed by atoms with E-state index >= 15 is 0 Å². The largest absolute Gasteiger partial charge is 0.355 e. The van der Waals surface area contributed by atoms with Gasteiger partial charge in [-0.1, -0.05) is 30.2 Å². The van der Waals surface area contributed by atoms with Gasteiger partial charge in [-0.2, -0.15) is 5.10 Å². The molecule has 0 bridgehead atoms. The fraction of sp³-hybridized carbons (Fsp3) is 0.476. The lowest BCUT2D eigenvalue weighted by Crippen LogP contribution is -2.57. The Kier molecular flexibility index (Phi) is 7.28. The van der Waals surface area contributed by atoms with E-state index in [1.165, 1.54) is 12.0 Å². The third kappa shape index (κ3) is 4.59. The first-order valence-corrected chi connectivity index (χ1v) is 10.4. The molecule has 30 heavy (non-hydrogen) atoms. The van der Waals surface area contributed by atoms with Crippen molar-refractivity contribution >= 4 is 53.1 Å². The summed E-state index contributed by atoms with van der Waals surface area (Å²) in [5.74, 6) is 0.840. The van der Waals surface area contributed by atoms with Gasteiger partial charge < -0.3 is 15.1 Å². The van der Waals surface area contributed by atoms with Crippen LogP contribution in [0.4, 0.5) is 5.69 Å². The van der Waals surface area contributed by atoms with Gasteiger partial charge in [0.1, 0.15) is 6.54 Å². The number of nitrogens with zero attached hydrogens (tertiary/aromatic N) is 5. The van der Waals surface area contributed by atoms with Crippen molar-refractivity contribution in [3.05, 3.63) is 47.2 Å². The molecule has 0 spiro atoms. The zero-order valence-corrected chi connectivity index (χ0v) is 20.4. The van der Waals surface area contributed by atoms with Crippen LogP contribution >= 0.6 is 35.6 Å². The molecular weight excluding hydrogens is 515 g/mol. The van der Waals surface area contributed by atoms with Crippen LogP contribution in [-0.2, 0) is 17.3 Å². The second-order valence-electron chi connectivity index (χ2n) is 7.88. The summed E-state index contributed by atoms with van der Waals surface area (Å²) in [7, 11) is 3.63. The van der Waals surface area contributed by atoms with E-state index < -0.39 is 0 Å². The summed E-state index contributed by atoms with van der Waals surface area (Å²) in [5.41, 5.74) is 2.27. The minimum Gasteiger partial charge on any atom is -0.355 e. The van der Waals surface area contributed by atoms with Gasteiger partial charge >= 0.3 is 0 Å². The average Bonchev–Trinajstić information content (AvgIpc) is 3.11. The highest BCUT2D eigenvalue weighted by Crippen LogP contribution is 2.43. The first kappa shape index (κ1) is 22.9. The Morgan fingerprint density at radius 1 is 1.27 bits per heavy atom. The topological polar surface area (TPSA) is 65.8 Å². The number of carbonyl (C=O) groups excluding carboxylic acids is 1. The van der Waals surface area contributed by atoms with Crippen molar-refractivity contribution < 1.29 is 4.79 Å². The van der Waals surface area contributed by atoms with Gasteiger partial charge in [0.25, 0.3) is 0 Å². The summed E-state index contributed by atoms with van der Waals surface area (Å²) >= 11 is 6.06. The predicted molar refractivity (Wildman–Crippen MR) is 131 cm³/mol. The Morgan fingerprint density at radius 3 is 2.53 bits per heavy atom. The summed E-state index contributed by atoms with van der Waals surface area (Å²) in [6.07, 6.45) is 7.12. The summed E-state index contributed by atoms with van der Waals surface area (Å²) in [4.78, 5) is 21.0. The van der Waals surface area contributed by atoms with Gasteiger partial charge in [-0.3, -0.25) is 14.5 Å². The Hall–Kier alpha value is -1.81. The number of guanidine groups is 1. The van der Waals surface area contributed by atoms with Gasteiger partial charge in [-0.05, 0) is 30.5 Å². The maximum Gasteiger partial charge on any atom is 0.246 e. The number of aliphatic imine (C=N–C) groups is 1. The Bertz CT molecular complexity index is 908. The van der Waals surface area contributed by atoms with Crippen molar-refractivity contribution in [2.75, 3.05) is 38.1 Å². The number of halogens is 2. The van der Waals surface area contributed by atoms with E-state index in [0.717, 1.165) is 42.6 Å². The van der Waals surface area contributed by atoms with Crippen LogP contribution in [0.15, 0.2) is 41.7 Å². The molecule has 2 fully saturated rings. The van der Waals surface area contributed by atoms with Crippen molar-refractivity contribution in [2.45, 2.75) is 24.7 Å². The van der Waals surface area contributed by atoms with Crippen molar-refractivity contribution in [1.82, 2.24) is 20.0 Å². The minimum atomic E-state index is 0. The molecule has 0 radical (unpaired) electrons. The van der Waals surface area contributed by atoms with Gasteiger partial charge in [-0.15, -0.1) is 24.0 Å². The van der Waals surface area contributed by atoms with E-state index in [4.69, 9.17) is 11.6 Å². The molecule has 1 aromatic carbocycles. The lowest BCUT2D eigenvalue weighted by molar-refractivity contribution is -0.120. The number of nitrogens with one attached hydrogen (secondary N) is 1. The molecule has 1 aromatic heterocycles. The van der Waals surface area contributed by atoms with Crippen molar-refractivity contribution in [3.8, 4) is 0 Å². The van der Waals surface area contributed by atoms with Gasteiger partial charge in [0, 0.05) is 50.4 Å². The van der Waals surface area contributed by atoms with Crippen LogP contribution in [0, 0.1) is 0 Å². The molecule has 1 amide bonds. The summed E-state index contributed by atoms with van der Waals surface area (Å²) in [6.45, 7) is 2.46. The van der Waals surface area contributed by atoms with Crippen LogP contribution in [0.3, 0.4) is 0 Å². The zero-order chi connectivity index (χ0) is 20.4. The zero-order valence-electron chi connectivity index (χ0n) is 17.3. The number of hydrogen-bond acceptors (Lipinski definition) is 3. The number of benzene rings is 1. The van der Waals surface area contributed by atoms with E-state index in [1.807, 2.05) is 30.3 Å². The standard InChI is InChI=1S/C21H27ClN6O.HI/c1-23-20(24-15-21(8-3-9-21)16-4-6-17(22)7-5-16)27-10-11-28(19(29)14-27)18-12-25-26(2)13-18;/h4-7,12-13H,3,8-11,14-15H2,1-2H3,(H,23,24);1H. The number of piperazine rings is 1. The third-order valence-electron chi connectivity index (χ3n) is 6.09. The quantitative estimate of drug-likeness (QED) is 0.367. The fourth-order valence-corrected chi connectivity index (χ4v) is 4.36. The SMILES string of the molecule is CN=C(NCC1(c2ccc(Cl)cc2)CCC1)N1CCN(c2cnn(C)c2)C(=O)C1.I. The Labute approximate surface area is 199 Å². The molecule has 7 nitrogen and oxygen atoms in total. The number of carbonyl (C=O) groups is 1. The van der Waals surface area contributed by atoms with Crippen LogP contribution in [0.5, 0.6) is 0 Å². The summed E-state index contributed by atoms with van der Waals surface area (Å²) < 4.78 is 1.71. The van der Waals surface area contributed by atoms with Crippen LogP contribution in [0.25, 0.3) is 0 Å². The molecule has 2 heterocycles. The van der Waals surface area contributed by atoms with Gasteiger partial charge in [0.15, 0.2) is 5.96 Å². The number of hydrogen-bond donors (Lipinski definition) is 1. The van der Waals surface area contributed by atoms with E-state index in [-0.39, 0.29) is 35.3 Å². The van der Waals surface area contributed by atoms with Crippen LogP contribution in [0.1, 0.15) is 24.8 Å². The third-order valence-corrected chi connectivity index (χ3v) is 6.34.